The number of hydrogen-bond acceptors (Lipinski definition) is 7. The smallest absolute Gasteiger partial charge is 0.146 e. The Morgan fingerprint density at radius 2 is 2.25 bits per heavy atom. The van der Waals surface area contributed by atoms with E-state index in [1.54, 1.807) is 0 Å². The third-order valence-electron chi connectivity index (χ3n) is 4.62. The Morgan fingerprint density at radius 3 is 2.96 bits per heavy atom. The monoisotopic (exact) mass is 331 g/mol. The summed E-state index contributed by atoms with van der Waals surface area (Å²) >= 11 is 0. The molecule has 7 nitrogen and oxygen atoms in total. The van der Waals surface area contributed by atoms with Crippen molar-refractivity contribution in [3.63, 3.8) is 0 Å². The average molecular weight is 331 g/mol. The zero-order valence-electron chi connectivity index (χ0n) is 14.1. The van der Waals surface area contributed by atoms with E-state index in [-0.39, 0.29) is 12.7 Å². The number of pyridine rings is 1. The summed E-state index contributed by atoms with van der Waals surface area (Å²) in [6.07, 6.45) is 3.24. The van der Waals surface area contributed by atoms with Gasteiger partial charge in [0, 0.05) is 38.3 Å². The lowest BCUT2D eigenvalue weighted by molar-refractivity contribution is 0.120. The lowest BCUT2D eigenvalue weighted by Crippen LogP contribution is -2.30. The average Bonchev–Trinajstić information content (AvgIpc) is 3.11. The van der Waals surface area contributed by atoms with E-state index in [0.717, 1.165) is 62.4 Å². The molecular formula is C17H25N5O2. The maximum atomic E-state index is 9.59. The minimum absolute atomic E-state index is 0.00501. The van der Waals surface area contributed by atoms with Crippen molar-refractivity contribution >= 4 is 11.6 Å². The van der Waals surface area contributed by atoms with Crippen LogP contribution in [-0.2, 0) is 17.7 Å². The van der Waals surface area contributed by atoms with E-state index in [9.17, 15) is 5.26 Å². The second-order valence-electron chi connectivity index (χ2n) is 6.41. The number of aliphatic hydroxyl groups excluding tert-OH is 1. The predicted octanol–water partition coefficient (Wildman–Crippen LogP) is 0.936. The fraction of sp³-hybridized carbons (Fsp3) is 0.647. The van der Waals surface area contributed by atoms with Crippen LogP contribution in [0.3, 0.4) is 0 Å². The molecule has 3 N–H and O–H groups in total. The molecule has 0 aromatic carbocycles. The molecule has 1 saturated heterocycles. The van der Waals surface area contributed by atoms with Crippen LogP contribution >= 0.6 is 0 Å². The van der Waals surface area contributed by atoms with Crippen molar-refractivity contribution in [2.24, 2.45) is 0 Å². The molecule has 2 aliphatic rings. The summed E-state index contributed by atoms with van der Waals surface area (Å²) < 4.78 is 5.68. The number of anilines is 2. The van der Waals surface area contributed by atoms with Crippen LogP contribution in [0.4, 0.5) is 11.6 Å². The topological polar surface area (TPSA) is 93.4 Å². The Bertz CT molecular complexity index is 622. The van der Waals surface area contributed by atoms with Crippen LogP contribution < -0.4 is 10.6 Å². The van der Waals surface area contributed by atoms with E-state index < -0.39 is 0 Å². The van der Waals surface area contributed by atoms with Gasteiger partial charge in [-0.2, -0.15) is 5.26 Å². The largest absolute Gasteiger partial charge is 0.395 e. The Kier molecular flexibility index (Phi) is 5.51. The normalized spacial score (nSPS) is 20.5. The highest BCUT2D eigenvalue weighted by Crippen LogP contribution is 2.31. The molecule has 0 bridgehead atoms. The van der Waals surface area contributed by atoms with Crippen LogP contribution in [0.1, 0.15) is 29.5 Å². The summed E-state index contributed by atoms with van der Waals surface area (Å²) in [5, 5.41) is 25.2. The predicted molar refractivity (Wildman–Crippen MR) is 92.0 cm³/mol. The third kappa shape index (κ3) is 3.61. The molecule has 130 valence electrons. The first-order valence-electron chi connectivity index (χ1n) is 8.57. The quantitative estimate of drug-likeness (QED) is 0.714. The van der Waals surface area contributed by atoms with Gasteiger partial charge in [0.25, 0.3) is 0 Å². The summed E-state index contributed by atoms with van der Waals surface area (Å²) in [5.74, 6) is 1.39. The zero-order valence-corrected chi connectivity index (χ0v) is 14.1. The molecule has 1 unspecified atom stereocenters. The number of aliphatic hydroxyl groups is 1. The first kappa shape index (κ1) is 17.0. The van der Waals surface area contributed by atoms with Crippen molar-refractivity contribution in [3.05, 3.63) is 16.7 Å². The molecule has 1 aromatic heterocycles. The fourth-order valence-electron chi connectivity index (χ4n) is 3.35. The molecule has 24 heavy (non-hydrogen) atoms. The van der Waals surface area contributed by atoms with Crippen LogP contribution in [0.2, 0.25) is 0 Å². The number of ether oxygens (including phenoxy) is 1. The first-order chi connectivity index (χ1) is 11.7. The van der Waals surface area contributed by atoms with Gasteiger partial charge in [-0.15, -0.1) is 0 Å². The maximum Gasteiger partial charge on any atom is 0.146 e. The molecule has 1 aromatic rings. The molecule has 7 heteroatoms. The van der Waals surface area contributed by atoms with Gasteiger partial charge in [-0.1, -0.05) is 0 Å². The van der Waals surface area contributed by atoms with Crippen molar-refractivity contribution in [2.45, 2.75) is 31.9 Å². The Morgan fingerprint density at radius 1 is 1.38 bits per heavy atom. The Labute approximate surface area is 142 Å². The van der Waals surface area contributed by atoms with Gasteiger partial charge >= 0.3 is 0 Å². The van der Waals surface area contributed by atoms with Crippen molar-refractivity contribution in [2.75, 3.05) is 50.5 Å². The number of aromatic nitrogens is 1. The van der Waals surface area contributed by atoms with Crippen molar-refractivity contribution in [3.8, 4) is 6.07 Å². The highest BCUT2D eigenvalue weighted by Gasteiger charge is 2.25. The highest BCUT2D eigenvalue weighted by molar-refractivity contribution is 5.66. The maximum absolute atomic E-state index is 9.59. The van der Waals surface area contributed by atoms with Crippen LogP contribution in [0, 0.1) is 11.3 Å². The molecule has 0 radical (unpaired) electrons. The zero-order chi connectivity index (χ0) is 16.9. The number of hydrogen-bond donors (Lipinski definition) is 3. The van der Waals surface area contributed by atoms with Crippen molar-refractivity contribution in [1.82, 2.24) is 9.88 Å². The number of likely N-dealkylation sites (N-methyl/N-ethyl adjacent to an activating group) is 1. The Balaban J connectivity index is 1.90. The third-order valence-corrected chi connectivity index (χ3v) is 4.62. The van der Waals surface area contributed by atoms with Crippen LogP contribution in [-0.4, -0.2) is 61.0 Å². The summed E-state index contributed by atoms with van der Waals surface area (Å²) in [7, 11) is 2.08. The Hall–Kier alpha value is -1.88. The molecule has 0 saturated carbocycles. The minimum Gasteiger partial charge on any atom is -0.395 e. The molecule has 0 spiro atoms. The number of rotatable bonds is 6. The van der Waals surface area contributed by atoms with Crippen molar-refractivity contribution in [1.29, 1.82) is 5.26 Å². The molecule has 0 amide bonds. The molecule has 1 atom stereocenters. The van der Waals surface area contributed by atoms with Crippen molar-refractivity contribution < 1.29 is 9.84 Å². The number of nitrogens with zero attached hydrogens (tertiary/aromatic N) is 3. The highest BCUT2D eigenvalue weighted by atomic mass is 16.5. The molecule has 1 fully saturated rings. The summed E-state index contributed by atoms with van der Waals surface area (Å²) in [4.78, 5) is 6.89. The van der Waals surface area contributed by atoms with Gasteiger partial charge in [-0.3, -0.25) is 0 Å². The van der Waals surface area contributed by atoms with E-state index in [0.29, 0.717) is 17.9 Å². The molecule has 0 aliphatic carbocycles. The number of nitriles is 1. The minimum atomic E-state index is 0.00501. The van der Waals surface area contributed by atoms with E-state index in [1.807, 2.05) is 0 Å². The lowest BCUT2D eigenvalue weighted by Gasteiger charge is -2.29. The van der Waals surface area contributed by atoms with E-state index in [2.05, 4.69) is 33.6 Å². The number of fused-ring (bicyclic) bond motifs is 1. The SMILES string of the molecule is CN1CCc2c(C#N)c(NCCO)nc(NCC3CCCO3)c2C1. The molecule has 3 heterocycles. The summed E-state index contributed by atoms with van der Waals surface area (Å²) in [6, 6.07) is 2.29. The van der Waals surface area contributed by atoms with Crippen LogP contribution in [0.25, 0.3) is 0 Å². The molecular weight excluding hydrogens is 306 g/mol. The van der Waals surface area contributed by atoms with Gasteiger partial charge in [0.15, 0.2) is 0 Å². The standard InChI is InChI=1S/C17H25N5O2/c1-22-6-4-13-14(9-18)16(19-5-7-23)21-17(15(13)11-22)20-10-12-3-2-8-24-12/h12,23H,2-8,10-11H2,1H3,(H2,19,20,21). The second-order valence-corrected chi connectivity index (χ2v) is 6.41. The van der Waals surface area contributed by atoms with Gasteiger partial charge in [0.1, 0.15) is 17.7 Å². The van der Waals surface area contributed by atoms with E-state index >= 15 is 0 Å². The van der Waals surface area contributed by atoms with E-state index in [1.165, 1.54) is 0 Å². The summed E-state index contributed by atoms with van der Waals surface area (Å²) in [6.45, 7) is 3.66. The van der Waals surface area contributed by atoms with Crippen LogP contribution in [0.15, 0.2) is 0 Å². The first-order valence-corrected chi connectivity index (χ1v) is 8.57. The van der Waals surface area contributed by atoms with Gasteiger partial charge in [0.05, 0.1) is 18.3 Å². The van der Waals surface area contributed by atoms with Crippen LogP contribution in [0.5, 0.6) is 0 Å². The van der Waals surface area contributed by atoms with Gasteiger partial charge < -0.3 is 25.4 Å². The number of nitrogens with one attached hydrogen (secondary N) is 2. The van der Waals surface area contributed by atoms with Gasteiger partial charge in [0.2, 0.25) is 0 Å². The molecule has 3 rings (SSSR count). The van der Waals surface area contributed by atoms with Gasteiger partial charge in [-0.05, 0) is 31.9 Å². The lowest BCUT2D eigenvalue weighted by atomic mass is 9.96. The fourth-order valence-corrected chi connectivity index (χ4v) is 3.35. The molecule has 2 aliphatic heterocycles. The summed E-state index contributed by atoms with van der Waals surface area (Å²) in [5.41, 5.74) is 2.78. The van der Waals surface area contributed by atoms with Gasteiger partial charge in [-0.25, -0.2) is 4.98 Å². The van der Waals surface area contributed by atoms with E-state index in [4.69, 9.17) is 9.84 Å². The second kappa shape index (κ2) is 7.79.